The number of hydrogen-bond acceptors (Lipinski definition) is 3. The van der Waals surface area contributed by atoms with E-state index in [-0.39, 0.29) is 10.9 Å². The second kappa shape index (κ2) is 5.86. The van der Waals surface area contributed by atoms with E-state index in [4.69, 9.17) is 18.0 Å². The summed E-state index contributed by atoms with van der Waals surface area (Å²) in [6, 6.07) is 7.61. The van der Waals surface area contributed by atoms with E-state index in [1.54, 1.807) is 18.7 Å². The van der Waals surface area contributed by atoms with E-state index < -0.39 is 5.92 Å². The number of anilines is 1. The van der Waals surface area contributed by atoms with E-state index >= 15 is 0 Å². The number of thiocarbonyl (C=S) groups is 1. The molecule has 0 saturated carbocycles. The fraction of sp³-hybridized carbons (Fsp3) is 0.273. The Bertz CT molecular complexity index is 389. The first-order chi connectivity index (χ1) is 7.54. The minimum atomic E-state index is -0.449. The Morgan fingerprint density at radius 2 is 2.00 bits per heavy atom. The summed E-state index contributed by atoms with van der Waals surface area (Å²) in [4.78, 5) is 13.0. The van der Waals surface area contributed by atoms with E-state index in [9.17, 15) is 4.79 Å². The molecule has 16 heavy (non-hydrogen) atoms. The third kappa shape index (κ3) is 3.50. The second-order valence-corrected chi connectivity index (χ2v) is 4.69. The zero-order chi connectivity index (χ0) is 12.1. The largest absolute Gasteiger partial charge is 0.393 e. The van der Waals surface area contributed by atoms with Crippen LogP contribution in [0.3, 0.4) is 0 Å². The van der Waals surface area contributed by atoms with Crippen molar-refractivity contribution in [1.82, 2.24) is 0 Å². The number of carbonyl (C=O) groups excluding carboxylic acids is 1. The summed E-state index contributed by atoms with van der Waals surface area (Å²) >= 11 is 6.42. The molecule has 0 heterocycles. The van der Waals surface area contributed by atoms with Crippen LogP contribution in [0.1, 0.15) is 6.92 Å². The SMILES string of the molecule is CSc1ccc(NC(=O)C(C)C(N)=S)cc1. The molecule has 1 aromatic carbocycles. The summed E-state index contributed by atoms with van der Waals surface area (Å²) in [6.07, 6.45) is 2.00. The molecule has 1 amide bonds. The van der Waals surface area contributed by atoms with Crippen LogP contribution in [0.2, 0.25) is 0 Å². The van der Waals surface area contributed by atoms with Crippen molar-refractivity contribution in [3.63, 3.8) is 0 Å². The molecule has 3 N–H and O–H groups in total. The number of carbonyl (C=O) groups is 1. The maximum atomic E-state index is 11.6. The van der Waals surface area contributed by atoms with Crippen LogP contribution < -0.4 is 11.1 Å². The van der Waals surface area contributed by atoms with Gasteiger partial charge in [-0.15, -0.1) is 11.8 Å². The van der Waals surface area contributed by atoms with Gasteiger partial charge in [0.2, 0.25) is 5.91 Å². The Balaban J connectivity index is 2.66. The molecule has 1 unspecified atom stereocenters. The number of nitrogens with one attached hydrogen (secondary N) is 1. The minimum Gasteiger partial charge on any atom is -0.393 e. The molecule has 0 aliphatic rings. The first kappa shape index (κ1) is 13.0. The van der Waals surface area contributed by atoms with Crippen molar-refractivity contribution in [3.05, 3.63) is 24.3 Å². The molecule has 1 rings (SSSR count). The number of hydrogen-bond donors (Lipinski definition) is 2. The van der Waals surface area contributed by atoms with Crippen molar-refractivity contribution < 1.29 is 4.79 Å². The van der Waals surface area contributed by atoms with Crippen LogP contribution in [0.25, 0.3) is 0 Å². The van der Waals surface area contributed by atoms with Gasteiger partial charge in [-0.05, 0) is 37.4 Å². The standard InChI is InChI=1S/C11H14N2OS2/c1-7(10(12)15)11(14)13-8-3-5-9(16-2)6-4-8/h3-7H,1-2H3,(H2,12,15)(H,13,14). The molecule has 5 heteroatoms. The predicted molar refractivity (Wildman–Crippen MR) is 72.8 cm³/mol. The molecule has 0 bridgehead atoms. The van der Waals surface area contributed by atoms with Crippen molar-refractivity contribution in [2.24, 2.45) is 11.7 Å². The van der Waals surface area contributed by atoms with Crippen molar-refractivity contribution in [1.29, 1.82) is 0 Å². The number of nitrogens with two attached hydrogens (primary N) is 1. The van der Waals surface area contributed by atoms with E-state index in [1.165, 1.54) is 0 Å². The van der Waals surface area contributed by atoms with Gasteiger partial charge in [-0.2, -0.15) is 0 Å². The Morgan fingerprint density at radius 3 is 2.44 bits per heavy atom. The average Bonchev–Trinajstić information content (AvgIpc) is 2.28. The topological polar surface area (TPSA) is 55.1 Å². The zero-order valence-electron chi connectivity index (χ0n) is 9.19. The molecule has 1 aromatic rings. The normalized spacial score (nSPS) is 11.9. The van der Waals surface area contributed by atoms with Crippen LogP contribution >= 0.6 is 24.0 Å². The summed E-state index contributed by atoms with van der Waals surface area (Å²) in [7, 11) is 0. The molecule has 0 aliphatic heterocycles. The number of thioether (sulfide) groups is 1. The van der Waals surface area contributed by atoms with Crippen LogP contribution in [-0.2, 0) is 4.79 Å². The molecule has 3 nitrogen and oxygen atoms in total. The Kier molecular flexibility index (Phi) is 4.76. The maximum Gasteiger partial charge on any atom is 0.234 e. The Labute approximate surface area is 105 Å². The van der Waals surface area contributed by atoms with Gasteiger partial charge in [-0.3, -0.25) is 4.79 Å². The van der Waals surface area contributed by atoms with Gasteiger partial charge >= 0.3 is 0 Å². The monoisotopic (exact) mass is 254 g/mol. The molecule has 0 aromatic heterocycles. The van der Waals surface area contributed by atoms with Crippen molar-refractivity contribution in [2.45, 2.75) is 11.8 Å². The van der Waals surface area contributed by atoms with Crippen LogP contribution in [0.5, 0.6) is 0 Å². The molecule has 0 saturated heterocycles. The number of benzene rings is 1. The Hall–Kier alpha value is -1.07. The van der Waals surface area contributed by atoms with Gasteiger partial charge in [0.25, 0.3) is 0 Å². The molecule has 0 fully saturated rings. The molecule has 0 radical (unpaired) electrons. The molecule has 0 aliphatic carbocycles. The Morgan fingerprint density at radius 1 is 1.44 bits per heavy atom. The van der Waals surface area contributed by atoms with Crippen LogP contribution in [0, 0.1) is 5.92 Å². The molecule has 86 valence electrons. The van der Waals surface area contributed by atoms with Crippen LogP contribution in [0.15, 0.2) is 29.2 Å². The van der Waals surface area contributed by atoms with Gasteiger partial charge in [-0.1, -0.05) is 12.2 Å². The van der Waals surface area contributed by atoms with Gasteiger partial charge < -0.3 is 11.1 Å². The van der Waals surface area contributed by atoms with E-state index in [1.807, 2.05) is 30.5 Å². The van der Waals surface area contributed by atoms with E-state index in [0.29, 0.717) is 0 Å². The van der Waals surface area contributed by atoms with Crippen molar-refractivity contribution in [3.8, 4) is 0 Å². The fourth-order valence-electron chi connectivity index (χ4n) is 1.05. The lowest BCUT2D eigenvalue weighted by molar-refractivity contribution is -0.117. The number of rotatable bonds is 4. The third-order valence-corrected chi connectivity index (χ3v) is 3.27. The highest BCUT2D eigenvalue weighted by molar-refractivity contribution is 7.98. The van der Waals surface area contributed by atoms with E-state index in [2.05, 4.69) is 5.32 Å². The minimum absolute atomic E-state index is 0.176. The lowest BCUT2D eigenvalue weighted by Crippen LogP contribution is -2.30. The van der Waals surface area contributed by atoms with Gasteiger partial charge in [0.15, 0.2) is 0 Å². The van der Waals surface area contributed by atoms with Gasteiger partial charge in [0, 0.05) is 10.6 Å². The molecule has 1 atom stereocenters. The van der Waals surface area contributed by atoms with Crippen LogP contribution in [-0.4, -0.2) is 17.2 Å². The summed E-state index contributed by atoms with van der Waals surface area (Å²) in [5.41, 5.74) is 6.16. The summed E-state index contributed by atoms with van der Waals surface area (Å²) in [5, 5.41) is 2.76. The highest BCUT2D eigenvalue weighted by atomic mass is 32.2. The quantitative estimate of drug-likeness (QED) is 0.639. The van der Waals surface area contributed by atoms with Crippen molar-refractivity contribution >= 4 is 40.6 Å². The molecular formula is C11H14N2OS2. The molecule has 0 spiro atoms. The molecular weight excluding hydrogens is 240 g/mol. The van der Waals surface area contributed by atoms with Gasteiger partial charge in [-0.25, -0.2) is 0 Å². The first-order valence-electron chi connectivity index (χ1n) is 4.79. The summed E-state index contributed by atoms with van der Waals surface area (Å²) < 4.78 is 0. The highest BCUT2D eigenvalue weighted by Crippen LogP contribution is 2.17. The highest BCUT2D eigenvalue weighted by Gasteiger charge is 2.15. The lowest BCUT2D eigenvalue weighted by atomic mass is 10.1. The second-order valence-electron chi connectivity index (χ2n) is 3.34. The van der Waals surface area contributed by atoms with Gasteiger partial charge in [0.1, 0.15) is 0 Å². The zero-order valence-corrected chi connectivity index (χ0v) is 10.8. The summed E-state index contributed by atoms with van der Waals surface area (Å²) in [5.74, 6) is -0.625. The fourth-order valence-corrected chi connectivity index (χ4v) is 1.57. The third-order valence-electron chi connectivity index (χ3n) is 2.18. The average molecular weight is 254 g/mol. The van der Waals surface area contributed by atoms with E-state index in [0.717, 1.165) is 10.6 Å². The van der Waals surface area contributed by atoms with Crippen LogP contribution in [0.4, 0.5) is 5.69 Å². The maximum absolute atomic E-state index is 11.6. The number of amides is 1. The predicted octanol–water partition coefficient (Wildman–Crippen LogP) is 2.27. The smallest absolute Gasteiger partial charge is 0.234 e. The first-order valence-corrected chi connectivity index (χ1v) is 6.42. The van der Waals surface area contributed by atoms with Crippen molar-refractivity contribution in [2.75, 3.05) is 11.6 Å². The van der Waals surface area contributed by atoms with Gasteiger partial charge in [0.05, 0.1) is 10.9 Å². The summed E-state index contributed by atoms with van der Waals surface area (Å²) in [6.45, 7) is 1.69. The lowest BCUT2D eigenvalue weighted by Gasteiger charge is -2.10.